The number of thioether (sulfide) groups is 1. The van der Waals surface area contributed by atoms with Gasteiger partial charge in [0.05, 0.1) is 15.5 Å². The second-order valence-electron chi connectivity index (χ2n) is 7.02. The van der Waals surface area contributed by atoms with Crippen LogP contribution in [0.3, 0.4) is 0 Å². The first-order valence-corrected chi connectivity index (χ1v) is 11.2. The summed E-state index contributed by atoms with van der Waals surface area (Å²) in [7, 11) is 0. The van der Waals surface area contributed by atoms with Crippen LogP contribution >= 0.6 is 35.0 Å². The van der Waals surface area contributed by atoms with E-state index in [4.69, 9.17) is 32.7 Å². The van der Waals surface area contributed by atoms with E-state index in [9.17, 15) is 19.2 Å². The fourth-order valence-electron chi connectivity index (χ4n) is 3.07. The van der Waals surface area contributed by atoms with Gasteiger partial charge < -0.3 is 14.8 Å². The Morgan fingerprint density at radius 2 is 1.79 bits per heavy atom. The van der Waals surface area contributed by atoms with Crippen LogP contribution in [0.4, 0.5) is 10.5 Å². The average molecular weight is 517 g/mol. The van der Waals surface area contributed by atoms with E-state index in [0.717, 1.165) is 4.90 Å². The number of carboxylic acid groups (broad SMARTS) is 1. The standard InChI is InChI=1S/C23H14Cl2N2O6S/c24-13-2-4-14(5-3-13)26-20(28)11-27-21(29)19(34-23(27)32)10-15-6-8-18(33-15)12-1-7-16(22(30)31)17(25)9-12/h1-10H,11H2,(H,26,28)(H,30,31). The molecular weight excluding hydrogens is 503 g/mol. The number of benzene rings is 2. The van der Waals surface area contributed by atoms with Crippen molar-refractivity contribution in [2.75, 3.05) is 11.9 Å². The molecule has 1 saturated heterocycles. The van der Waals surface area contributed by atoms with Gasteiger partial charge in [0.2, 0.25) is 5.91 Å². The van der Waals surface area contributed by atoms with Crippen molar-refractivity contribution >= 4 is 69.8 Å². The molecule has 2 heterocycles. The summed E-state index contributed by atoms with van der Waals surface area (Å²) >= 11 is 12.5. The monoisotopic (exact) mass is 516 g/mol. The van der Waals surface area contributed by atoms with E-state index in [1.165, 1.54) is 18.2 Å². The van der Waals surface area contributed by atoms with E-state index in [1.54, 1.807) is 42.5 Å². The molecule has 0 unspecified atom stereocenters. The lowest BCUT2D eigenvalue weighted by atomic mass is 10.1. The second kappa shape index (κ2) is 9.76. The van der Waals surface area contributed by atoms with E-state index in [1.807, 2.05) is 0 Å². The van der Waals surface area contributed by atoms with Gasteiger partial charge in [-0.05, 0) is 60.3 Å². The third kappa shape index (κ3) is 5.17. The molecule has 3 aromatic rings. The molecule has 0 spiro atoms. The Balaban J connectivity index is 1.45. The molecule has 8 nitrogen and oxygen atoms in total. The Morgan fingerprint density at radius 1 is 1.06 bits per heavy atom. The number of carbonyl (C=O) groups is 4. The van der Waals surface area contributed by atoms with Crippen LogP contribution in [0.25, 0.3) is 17.4 Å². The Morgan fingerprint density at radius 3 is 2.47 bits per heavy atom. The van der Waals surface area contributed by atoms with Gasteiger partial charge in [0, 0.05) is 22.3 Å². The number of anilines is 1. The number of carbonyl (C=O) groups excluding carboxylic acids is 3. The van der Waals surface area contributed by atoms with Gasteiger partial charge in [-0.1, -0.05) is 29.3 Å². The number of hydrogen-bond acceptors (Lipinski definition) is 6. The molecule has 0 aliphatic carbocycles. The highest BCUT2D eigenvalue weighted by Crippen LogP contribution is 2.34. The van der Waals surface area contributed by atoms with Gasteiger partial charge in [-0.2, -0.15) is 0 Å². The normalized spacial score (nSPS) is 14.6. The molecule has 1 aliphatic rings. The van der Waals surface area contributed by atoms with Crippen molar-refractivity contribution in [3.05, 3.63) is 80.9 Å². The van der Waals surface area contributed by atoms with Crippen molar-refractivity contribution in [1.82, 2.24) is 4.90 Å². The van der Waals surface area contributed by atoms with Gasteiger partial charge >= 0.3 is 5.97 Å². The fourth-order valence-corrected chi connectivity index (χ4v) is 4.28. The third-order valence-electron chi connectivity index (χ3n) is 4.69. The molecule has 34 heavy (non-hydrogen) atoms. The number of nitrogens with zero attached hydrogens (tertiary/aromatic N) is 1. The SMILES string of the molecule is O=C(CN1C(=O)SC(=Cc2ccc(-c3ccc(C(=O)O)c(Cl)c3)o2)C1=O)Nc1ccc(Cl)cc1. The topological polar surface area (TPSA) is 117 Å². The molecular formula is C23H14Cl2N2O6S. The Kier molecular flexibility index (Phi) is 6.78. The number of imide groups is 1. The molecule has 0 radical (unpaired) electrons. The van der Waals surface area contributed by atoms with Crippen LogP contribution in [0.1, 0.15) is 16.1 Å². The van der Waals surface area contributed by atoms with Crippen molar-refractivity contribution in [3.8, 4) is 11.3 Å². The van der Waals surface area contributed by atoms with E-state index in [2.05, 4.69) is 5.32 Å². The van der Waals surface area contributed by atoms with Crippen LogP contribution in [0.2, 0.25) is 10.0 Å². The Labute approximate surface area is 207 Å². The minimum Gasteiger partial charge on any atom is -0.478 e. The van der Waals surface area contributed by atoms with Crippen molar-refractivity contribution in [2.24, 2.45) is 0 Å². The predicted molar refractivity (Wildman–Crippen MR) is 129 cm³/mol. The molecule has 2 aromatic carbocycles. The van der Waals surface area contributed by atoms with E-state index in [0.29, 0.717) is 39.6 Å². The zero-order valence-electron chi connectivity index (χ0n) is 17.1. The minimum atomic E-state index is -1.14. The van der Waals surface area contributed by atoms with Crippen molar-refractivity contribution < 1.29 is 28.7 Å². The molecule has 3 amide bonds. The average Bonchev–Trinajstić information content (AvgIpc) is 3.35. The maximum absolute atomic E-state index is 12.7. The molecule has 4 rings (SSSR count). The molecule has 2 N–H and O–H groups in total. The van der Waals surface area contributed by atoms with Gasteiger partial charge in [0.15, 0.2) is 0 Å². The second-order valence-corrected chi connectivity index (χ2v) is 8.86. The minimum absolute atomic E-state index is 0.0361. The fraction of sp³-hybridized carbons (Fsp3) is 0.0435. The predicted octanol–water partition coefficient (Wildman–Crippen LogP) is 5.63. The maximum Gasteiger partial charge on any atom is 0.337 e. The highest BCUT2D eigenvalue weighted by atomic mass is 35.5. The van der Waals surface area contributed by atoms with Gasteiger partial charge in [0.1, 0.15) is 18.1 Å². The molecule has 1 aromatic heterocycles. The zero-order chi connectivity index (χ0) is 24.4. The van der Waals surface area contributed by atoms with Gasteiger partial charge in [-0.25, -0.2) is 4.79 Å². The van der Waals surface area contributed by atoms with E-state index >= 15 is 0 Å². The number of nitrogens with one attached hydrogen (secondary N) is 1. The third-order valence-corrected chi connectivity index (χ3v) is 6.16. The molecule has 1 fully saturated rings. The molecule has 1 aliphatic heterocycles. The lowest BCUT2D eigenvalue weighted by Crippen LogP contribution is -2.36. The first kappa shape index (κ1) is 23.6. The van der Waals surface area contributed by atoms with Gasteiger partial charge in [-0.15, -0.1) is 0 Å². The molecule has 172 valence electrons. The molecule has 0 bridgehead atoms. The van der Waals surface area contributed by atoms with Gasteiger partial charge in [0.25, 0.3) is 11.1 Å². The number of halogens is 2. The first-order chi connectivity index (χ1) is 16.2. The summed E-state index contributed by atoms with van der Waals surface area (Å²) < 4.78 is 5.71. The first-order valence-electron chi connectivity index (χ1n) is 9.65. The van der Waals surface area contributed by atoms with Crippen molar-refractivity contribution in [2.45, 2.75) is 0 Å². The summed E-state index contributed by atoms with van der Waals surface area (Å²) in [5.74, 6) is -1.61. The zero-order valence-corrected chi connectivity index (χ0v) is 19.4. The van der Waals surface area contributed by atoms with Crippen molar-refractivity contribution in [1.29, 1.82) is 0 Å². The highest BCUT2D eigenvalue weighted by Gasteiger charge is 2.36. The number of hydrogen-bond donors (Lipinski definition) is 2. The highest BCUT2D eigenvalue weighted by molar-refractivity contribution is 8.18. The largest absolute Gasteiger partial charge is 0.478 e. The summed E-state index contributed by atoms with van der Waals surface area (Å²) in [6, 6.07) is 14.0. The summed E-state index contributed by atoms with van der Waals surface area (Å²) in [5.41, 5.74) is 0.990. The van der Waals surface area contributed by atoms with Crippen LogP contribution in [0.15, 0.2) is 63.9 Å². The number of amides is 3. The summed E-state index contributed by atoms with van der Waals surface area (Å²) in [6.45, 7) is -0.442. The summed E-state index contributed by atoms with van der Waals surface area (Å²) in [5, 5.41) is 11.7. The molecule has 11 heteroatoms. The van der Waals surface area contributed by atoms with Crippen LogP contribution < -0.4 is 5.32 Å². The van der Waals surface area contributed by atoms with Crippen LogP contribution in [0.5, 0.6) is 0 Å². The number of rotatable bonds is 6. The molecule has 0 atom stereocenters. The Bertz CT molecular complexity index is 1350. The summed E-state index contributed by atoms with van der Waals surface area (Å²) in [4.78, 5) is 49.3. The van der Waals surface area contributed by atoms with Crippen LogP contribution in [0, 0.1) is 0 Å². The van der Waals surface area contributed by atoms with Gasteiger partial charge in [-0.3, -0.25) is 19.3 Å². The number of aromatic carboxylic acids is 1. The van der Waals surface area contributed by atoms with Crippen LogP contribution in [-0.4, -0.2) is 39.6 Å². The number of carboxylic acids is 1. The Hall–Kier alpha value is -3.53. The lowest BCUT2D eigenvalue weighted by Gasteiger charge is -2.12. The lowest BCUT2D eigenvalue weighted by molar-refractivity contribution is -0.127. The van der Waals surface area contributed by atoms with Crippen molar-refractivity contribution in [3.63, 3.8) is 0 Å². The van der Waals surface area contributed by atoms with E-state index < -0.39 is 29.6 Å². The van der Waals surface area contributed by atoms with E-state index in [-0.39, 0.29) is 15.5 Å². The number of furan rings is 1. The quantitative estimate of drug-likeness (QED) is 0.407. The molecule has 0 saturated carbocycles. The summed E-state index contributed by atoms with van der Waals surface area (Å²) in [6.07, 6.45) is 1.40. The maximum atomic E-state index is 12.7. The smallest absolute Gasteiger partial charge is 0.337 e. The van der Waals surface area contributed by atoms with Crippen LogP contribution in [-0.2, 0) is 9.59 Å².